The Hall–Kier alpha value is -0.730. The van der Waals surface area contributed by atoms with Crippen LogP contribution in [0, 0.1) is 5.92 Å². The second-order valence-corrected chi connectivity index (χ2v) is 6.13. The van der Waals surface area contributed by atoms with Gasteiger partial charge >= 0.3 is 0 Å². The molecule has 1 aliphatic carbocycles. The third-order valence-electron chi connectivity index (χ3n) is 4.07. The summed E-state index contributed by atoms with van der Waals surface area (Å²) >= 11 is 12.1. The highest BCUT2D eigenvalue weighted by Gasteiger charge is 2.29. The molecule has 0 aliphatic heterocycles. The van der Waals surface area contributed by atoms with Gasteiger partial charge in [0.2, 0.25) is 0 Å². The van der Waals surface area contributed by atoms with Gasteiger partial charge in [-0.05, 0) is 30.9 Å². The summed E-state index contributed by atoms with van der Waals surface area (Å²) in [6, 6.07) is 5.50. The van der Waals surface area contributed by atoms with Crippen LogP contribution in [0.25, 0.3) is 0 Å². The maximum Gasteiger partial charge on any atom is 0.255 e. The van der Waals surface area contributed by atoms with Crippen molar-refractivity contribution in [3.8, 4) is 0 Å². The van der Waals surface area contributed by atoms with Crippen molar-refractivity contribution in [3.63, 3.8) is 0 Å². The van der Waals surface area contributed by atoms with E-state index in [9.17, 15) is 4.79 Å². The minimum Gasteiger partial charge on any atom is -0.338 e. The fourth-order valence-electron chi connectivity index (χ4n) is 2.88. The Bertz CT molecular complexity index is 475. The van der Waals surface area contributed by atoms with Gasteiger partial charge in [-0.3, -0.25) is 4.79 Å². The normalized spacial score (nSPS) is 23.2. The van der Waals surface area contributed by atoms with Crippen LogP contribution in [0.1, 0.15) is 43.0 Å². The molecule has 19 heavy (non-hydrogen) atoms. The molecule has 1 aromatic rings. The van der Waals surface area contributed by atoms with E-state index < -0.39 is 0 Å². The molecular weight excluding hydrogens is 281 g/mol. The number of hydrogen-bond donors (Lipinski definition) is 0. The summed E-state index contributed by atoms with van der Waals surface area (Å²) in [6.45, 7) is 2.22. The van der Waals surface area contributed by atoms with Crippen molar-refractivity contribution in [2.45, 2.75) is 38.6 Å². The summed E-state index contributed by atoms with van der Waals surface area (Å²) in [5.41, 5.74) is 0.495. The topological polar surface area (TPSA) is 20.3 Å². The highest BCUT2D eigenvalue weighted by Crippen LogP contribution is 2.31. The van der Waals surface area contributed by atoms with Crippen molar-refractivity contribution in [2.24, 2.45) is 5.92 Å². The molecule has 0 aromatic heterocycles. The van der Waals surface area contributed by atoms with Gasteiger partial charge in [0.1, 0.15) is 0 Å². The molecular formula is C15H19Cl2NO. The standard InChI is InChI=1S/C15H19Cl2NO/c1-10-6-3-4-9-13(10)18(2)15(19)11-7-5-8-12(16)14(11)17/h5,7-8,10,13H,3-4,6,9H2,1-2H3. The van der Waals surface area contributed by atoms with E-state index in [1.807, 2.05) is 11.9 Å². The van der Waals surface area contributed by atoms with Crippen LogP contribution in [-0.4, -0.2) is 23.9 Å². The molecule has 4 heteroatoms. The van der Waals surface area contributed by atoms with Gasteiger partial charge in [-0.25, -0.2) is 0 Å². The Balaban J connectivity index is 2.21. The minimum absolute atomic E-state index is 0.0359. The number of amides is 1. The zero-order valence-electron chi connectivity index (χ0n) is 11.3. The highest BCUT2D eigenvalue weighted by molar-refractivity contribution is 6.43. The van der Waals surface area contributed by atoms with Crippen LogP contribution in [0.3, 0.4) is 0 Å². The first-order chi connectivity index (χ1) is 9.02. The summed E-state index contributed by atoms with van der Waals surface area (Å²) in [6.07, 6.45) is 4.71. The summed E-state index contributed by atoms with van der Waals surface area (Å²) in [4.78, 5) is 14.4. The van der Waals surface area contributed by atoms with E-state index in [4.69, 9.17) is 23.2 Å². The lowest BCUT2D eigenvalue weighted by atomic mass is 9.85. The molecule has 1 fully saturated rings. The van der Waals surface area contributed by atoms with Crippen LogP contribution in [0.5, 0.6) is 0 Å². The predicted octanol–water partition coefficient (Wildman–Crippen LogP) is 4.64. The van der Waals surface area contributed by atoms with Gasteiger partial charge in [0.15, 0.2) is 0 Å². The Morgan fingerprint density at radius 2 is 1.95 bits per heavy atom. The van der Waals surface area contributed by atoms with Crippen molar-refractivity contribution < 1.29 is 4.79 Å². The van der Waals surface area contributed by atoms with Gasteiger partial charge in [-0.1, -0.05) is 49.0 Å². The first-order valence-corrected chi connectivity index (χ1v) is 7.49. The maximum atomic E-state index is 12.5. The number of carbonyl (C=O) groups is 1. The molecule has 1 aromatic carbocycles. The number of rotatable bonds is 2. The Morgan fingerprint density at radius 3 is 2.63 bits per heavy atom. The van der Waals surface area contributed by atoms with E-state index in [0.717, 1.165) is 6.42 Å². The van der Waals surface area contributed by atoms with Crippen LogP contribution in [-0.2, 0) is 0 Å². The van der Waals surface area contributed by atoms with Crippen molar-refractivity contribution in [3.05, 3.63) is 33.8 Å². The fourth-order valence-corrected chi connectivity index (χ4v) is 3.26. The monoisotopic (exact) mass is 299 g/mol. The molecule has 1 amide bonds. The van der Waals surface area contributed by atoms with Crippen LogP contribution in [0.2, 0.25) is 10.0 Å². The molecule has 0 radical (unpaired) electrons. The molecule has 0 heterocycles. The molecule has 0 saturated heterocycles. The number of halogens is 2. The average molecular weight is 300 g/mol. The van der Waals surface area contributed by atoms with Crippen molar-refractivity contribution in [2.75, 3.05) is 7.05 Å². The van der Waals surface area contributed by atoms with Crippen LogP contribution in [0.4, 0.5) is 0 Å². The van der Waals surface area contributed by atoms with Gasteiger partial charge in [-0.2, -0.15) is 0 Å². The molecule has 2 nitrogen and oxygen atoms in total. The van der Waals surface area contributed by atoms with E-state index in [1.165, 1.54) is 19.3 Å². The Kier molecular flexibility index (Phi) is 4.75. The fraction of sp³-hybridized carbons (Fsp3) is 0.533. The highest BCUT2D eigenvalue weighted by atomic mass is 35.5. The predicted molar refractivity (Wildman–Crippen MR) is 80.0 cm³/mol. The summed E-state index contributed by atoms with van der Waals surface area (Å²) in [7, 11) is 1.87. The zero-order valence-corrected chi connectivity index (χ0v) is 12.8. The second-order valence-electron chi connectivity index (χ2n) is 5.35. The van der Waals surface area contributed by atoms with E-state index in [2.05, 4.69) is 6.92 Å². The van der Waals surface area contributed by atoms with Crippen LogP contribution in [0.15, 0.2) is 18.2 Å². The number of carbonyl (C=O) groups excluding carboxylic acids is 1. The third-order valence-corrected chi connectivity index (χ3v) is 4.88. The van der Waals surface area contributed by atoms with E-state index in [1.54, 1.807) is 18.2 Å². The molecule has 1 saturated carbocycles. The lowest BCUT2D eigenvalue weighted by molar-refractivity contribution is 0.0629. The summed E-state index contributed by atoms with van der Waals surface area (Å²) in [5.74, 6) is 0.506. The molecule has 2 unspecified atom stereocenters. The van der Waals surface area contributed by atoms with E-state index in [-0.39, 0.29) is 5.91 Å². The van der Waals surface area contributed by atoms with E-state index in [0.29, 0.717) is 27.6 Å². The molecule has 1 aliphatic rings. The first kappa shape index (κ1) is 14.7. The van der Waals surface area contributed by atoms with Gasteiger partial charge in [0.25, 0.3) is 5.91 Å². The lowest BCUT2D eigenvalue weighted by Gasteiger charge is -2.36. The van der Waals surface area contributed by atoms with Gasteiger partial charge < -0.3 is 4.90 Å². The van der Waals surface area contributed by atoms with Crippen molar-refractivity contribution in [1.29, 1.82) is 0 Å². The molecule has 0 N–H and O–H groups in total. The summed E-state index contributed by atoms with van der Waals surface area (Å²) < 4.78 is 0. The quantitative estimate of drug-likeness (QED) is 0.779. The number of nitrogens with zero attached hydrogens (tertiary/aromatic N) is 1. The second kappa shape index (κ2) is 6.15. The van der Waals surface area contributed by atoms with Crippen LogP contribution < -0.4 is 0 Å². The Labute approximate surface area is 124 Å². The van der Waals surface area contributed by atoms with Crippen molar-refractivity contribution in [1.82, 2.24) is 4.90 Å². The number of hydrogen-bond acceptors (Lipinski definition) is 1. The van der Waals surface area contributed by atoms with Gasteiger partial charge in [0.05, 0.1) is 15.6 Å². The first-order valence-electron chi connectivity index (χ1n) is 6.73. The maximum absolute atomic E-state index is 12.5. The summed E-state index contributed by atoms with van der Waals surface area (Å²) in [5, 5.41) is 0.780. The average Bonchev–Trinajstić information content (AvgIpc) is 2.41. The zero-order chi connectivity index (χ0) is 14.0. The van der Waals surface area contributed by atoms with Crippen molar-refractivity contribution >= 4 is 29.1 Å². The minimum atomic E-state index is -0.0359. The smallest absolute Gasteiger partial charge is 0.255 e. The molecule has 0 bridgehead atoms. The van der Waals surface area contributed by atoms with E-state index >= 15 is 0 Å². The Morgan fingerprint density at radius 1 is 1.26 bits per heavy atom. The van der Waals surface area contributed by atoms with Crippen LogP contribution >= 0.6 is 23.2 Å². The molecule has 2 atom stereocenters. The molecule has 0 spiro atoms. The van der Waals surface area contributed by atoms with Gasteiger partial charge in [-0.15, -0.1) is 0 Å². The lowest BCUT2D eigenvalue weighted by Crippen LogP contribution is -2.42. The largest absolute Gasteiger partial charge is 0.338 e. The molecule has 2 rings (SSSR count). The van der Waals surface area contributed by atoms with Gasteiger partial charge in [0, 0.05) is 13.1 Å². The SMILES string of the molecule is CC1CCCCC1N(C)C(=O)c1cccc(Cl)c1Cl. The third kappa shape index (κ3) is 3.06. The number of benzene rings is 1. The molecule has 104 valence electrons.